The maximum Gasteiger partial charge on any atom is 0.331 e. The number of carbonyl (C=O) groups is 1. The van der Waals surface area contributed by atoms with Crippen LogP contribution in [0.4, 0.5) is 15.9 Å². The third-order valence-corrected chi connectivity index (χ3v) is 7.12. The van der Waals surface area contributed by atoms with Gasteiger partial charge in [-0.3, -0.25) is 23.8 Å². The molecule has 13 heteroatoms. The van der Waals surface area contributed by atoms with Crippen molar-refractivity contribution in [1.82, 2.24) is 24.3 Å². The summed E-state index contributed by atoms with van der Waals surface area (Å²) in [5, 5.41) is 22.4. The minimum Gasteiger partial charge on any atom is -0.453 e. The molecular weight excluding hydrogens is 533 g/mol. The van der Waals surface area contributed by atoms with E-state index in [1.54, 1.807) is 26.8 Å². The number of H-pyrrole nitrogens is 1. The van der Waals surface area contributed by atoms with Crippen molar-refractivity contribution < 1.29 is 19.0 Å². The number of rotatable bonds is 9. The first-order valence-electron chi connectivity index (χ1n) is 13.5. The molecule has 0 saturated heterocycles. The number of aromatic nitrogens is 5. The molecule has 1 aliphatic rings. The highest BCUT2D eigenvalue weighted by molar-refractivity contribution is 6.03. The Kier molecular flexibility index (Phi) is 7.88. The number of halogens is 1. The Balaban J connectivity index is 1.41. The Bertz CT molecular complexity index is 1700. The topological polar surface area (TPSA) is 156 Å². The minimum atomic E-state index is -0.759. The molecule has 1 aromatic carbocycles. The number of ether oxygens (including phenoxy) is 1. The van der Waals surface area contributed by atoms with Gasteiger partial charge >= 0.3 is 5.69 Å². The SMILES string of the molecule is CC(CO)Nc1n[nH]c2nccc(Oc3ccc(NC(=O)c4cn(C(C)C)c(=O)n(C5CCCC5)c4=O)cc3F)c12. The number of aromatic amines is 1. The molecule has 3 aromatic heterocycles. The lowest BCUT2D eigenvalue weighted by Gasteiger charge is -2.19. The molecule has 5 rings (SSSR count). The van der Waals surface area contributed by atoms with Crippen molar-refractivity contribution in [2.45, 2.75) is 64.6 Å². The van der Waals surface area contributed by atoms with Crippen molar-refractivity contribution >= 4 is 28.4 Å². The van der Waals surface area contributed by atoms with Gasteiger partial charge in [-0.15, -0.1) is 0 Å². The van der Waals surface area contributed by atoms with E-state index in [2.05, 4.69) is 25.8 Å². The molecule has 216 valence electrons. The Hall–Kier alpha value is -4.52. The lowest BCUT2D eigenvalue weighted by Crippen LogP contribution is -2.45. The number of fused-ring (bicyclic) bond motifs is 1. The molecule has 4 aromatic rings. The van der Waals surface area contributed by atoms with Crippen LogP contribution >= 0.6 is 0 Å². The highest BCUT2D eigenvalue weighted by atomic mass is 19.1. The zero-order valence-electron chi connectivity index (χ0n) is 23.0. The summed E-state index contributed by atoms with van der Waals surface area (Å²) in [6, 6.07) is 4.63. The first kappa shape index (κ1) is 28.0. The van der Waals surface area contributed by atoms with Crippen molar-refractivity contribution in [3.05, 3.63) is 68.9 Å². The number of aliphatic hydroxyl groups is 1. The second-order valence-corrected chi connectivity index (χ2v) is 10.5. The minimum absolute atomic E-state index is 0.108. The van der Waals surface area contributed by atoms with Crippen LogP contribution in [0.25, 0.3) is 11.0 Å². The number of anilines is 2. The van der Waals surface area contributed by atoms with Crippen LogP contribution in [-0.4, -0.2) is 48.0 Å². The van der Waals surface area contributed by atoms with Gasteiger partial charge in [-0.2, -0.15) is 5.10 Å². The molecule has 41 heavy (non-hydrogen) atoms. The van der Waals surface area contributed by atoms with Crippen LogP contribution in [0.15, 0.2) is 46.2 Å². The fraction of sp³-hybridized carbons (Fsp3) is 0.393. The van der Waals surface area contributed by atoms with E-state index >= 15 is 4.39 Å². The van der Waals surface area contributed by atoms with Crippen LogP contribution in [0.3, 0.4) is 0 Å². The van der Waals surface area contributed by atoms with Gasteiger partial charge in [-0.05, 0) is 45.7 Å². The number of nitrogens with zero attached hydrogens (tertiary/aromatic N) is 4. The zero-order chi connectivity index (χ0) is 29.3. The summed E-state index contributed by atoms with van der Waals surface area (Å²) in [6.45, 7) is 5.24. The monoisotopic (exact) mass is 565 g/mol. The summed E-state index contributed by atoms with van der Waals surface area (Å²) in [5.74, 6) is -0.956. The summed E-state index contributed by atoms with van der Waals surface area (Å²) in [7, 11) is 0. The molecule has 12 nitrogen and oxygen atoms in total. The van der Waals surface area contributed by atoms with Gasteiger partial charge in [0, 0.05) is 48.3 Å². The Labute approximate surface area is 234 Å². The number of carbonyl (C=O) groups excluding carboxylic acids is 1. The normalized spacial score (nSPS) is 14.5. The number of benzene rings is 1. The predicted molar refractivity (Wildman–Crippen MR) is 151 cm³/mol. The van der Waals surface area contributed by atoms with Crippen molar-refractivity contribution in [3.8, 4) is 11.5 Å². The smallest absolute Gasteiger partial charge is 0.331 e. The van der Waals surface area contributed by atoms with E-state index in [0.717, 1.165) is 18.9 Å². The van der Waals surface area contributed by atoms with E-state index in [4.69, 9.17) is 4.74 Å². The molecular formula is C28H32FN7O5. The van der Waals surface area contributed by atoms with E-state index in [0.29, 0.717) is 29.7 Å². The molecule has 0 bridgehead atoms. The number of pyridine rings is 1. The van der Waals surface area contributed by atoms with Crippen LogP contribution in [0.5, 0.6) is 11.5 Å². The molecule has 0 radical (unpaired) electrons. The van der Waals surface area contributed by atoms with Gasteiger partial charge in [0.05, 0.1) is 6.61 Å². The summed E-state index contributed by atoms with van der Waals surface area (Å²) in [6.07, 6.45) is 5.97. The third kappa shape index (κ3) is 5.57. The van der Waals surface area contributed by atoms with Crippen LogP contribution < -0.4 is 26.6 Å². The first-order chi connectivity index (χ1) is 19.7. The van der Waals surface area contributed by atoms with Crippen molar-refractivity contribution in [2.24, 2.45) is 0 Å². The summed E-state index contributed by atoms with van der Waals surface area (Å²) < 4.78 is 23.6. The largest absolute Gasteiger partial charge is 0.453 e. The average molecular weight is 566 g/mol. The molecule has 0 spiro atoms. The number of amides is 1. The Morgan fingerprint density at radius 3 is 2.63 bits per heavy atom. The highest BCUT2D eigenvalue weighted by Gasteiger charge is 2.26. The van der Waals surface area contributed by atoms with Crippen molar-refractivity contribution in [3.63, 3.8) is 0 Å². The van der Waals surface area contributed by atoms with Gasteiger partial charge < -0.3 is 20.5 Å². The maximum atomic E-state index is 15.2. The molecule has 1 atom stereocenters. The van der Waals surface area contributed by atoms with E-state index in [-0.39, 0.29) is 47.5 Å². The molecule has 4 N–H and O–H groups in total. The Morgan fingerprint density at radius 1 is 1.20 bits per heavy atom. The molecule has 1 saturated carbocycles. The van der Waals surface area contributed by atoms with E-state index in [1.807, 2.05) is 0 Å². The molecule has 3 heterocycles. The summed E-state index contributed by atoms with van der Waals surface area (Å²) >= 11 is 0. The quantitative estimate of drug-likeness (QED) is 0.238. The zero-order valence-corrected chi connectivity index (χ0v) is 23.0. The van der Waals surface area contributed by atoms with Crippen LogP contribution in [-0.2, 0) is 0 Å². The maximum absolute atomic E-state index is 15.2. The third-order valence-electron chi connectivity index (χ3n) is 7.12. The standard InChI is InChI=1S/C28H32FN7O5/c1-15(2)35-13-19(27(39)36(28(35)40)18-6-4-5-7-18)26(38)32-17-8-9-21(20(29)12-17)41-22-10-11-30-24-23(22)25(34-33-24)31-16(3)14-37/h8-13,15-16,18,37H,4-7,14H2,1-3H3,(H,32,38)(H2,30,31,33,34). The Morgan fingerprint density at radius 2 is 1.95 bits per heavy atom. The number of hydrogen-bond acceptors (Lipinski definition) is 8. The van der Waals surface area contributed by atoms with E-state index < -0.39 is 23.0 Å². The summed E-state index contributed by atoms with van der Waals surface area (Å²) in [5.41, 5.74) is -0.768. The molecule has 1 unspecified atom stereocenters. The predicted octanol–water partition coefficient (Wildman–Crippen LogP) is 3.95. The van der Waals surface area contributed by atoms with Gasteiger partial charge in [0.1, 0.15) is 16.7 Å². The summed E-state index contributed by atoms with van der Waals surface area (Å²) in [4.78, 5) is 43.7. The average Bonchev–Trinajstić information content (AvgIpc) is 3.61. The fourth-order valence-electron chi connectivity index (χ4n) is 4.97. The van der Waals surface area contributed by atoms with Crippen LogP contribution in [0.2, 0.25) is 0 Å². The fourth-order valence-corrected chi connectivity index (χ4v) is 4.97. The second kappa shape index (κ2) is 11.5. The van der Waals surface area contributed by atoms with Gasteiger partial charge in [0.2, 0.25) is 0 Å². The lowest BCUT2D eigenvalue weighted by atomic mass is 10.2. The van der Waals surface area contributed by atoms with Gasteiger partial charge in [0.25, 0.3) is 11.5 Å². The molecule has 1 amide bonds. The molecule has 1 fully saturated rings. The van der Waals surface area contributed by atoms with Crippen molar-refractivity contribution in [1.29, 1.82) is 0 Å². The lowest BCUT2D eigenvalue weighted by molar-refractivity contribution is 0.102. The molecule has 1 aliphatic carbocycles. The first-order valence-corrected chi connectivity index (χ1v) is 13.5. The highest BCUT2D eigenvalue weighted by Crippen LogP contribution is 2.34. The van der Waals surface area contributed by atoms with Crippen LogP contribution in [0, 0.1) is 5.82 Å². The van der Waals surface area contributed by atoms with Gasteiger partial charge in [-0.1, -0.05) is 12.8 Å². The molecule has 0 aliphatic heterocycles. The van der Waals surface area contributed by atoms with Crippen LogP contribution in [0.1, 0.15) is 68.9 Å². The van der Waals surface area contributed by atoms with E-state index in [9.17, 15) is 19.5 Å². The number of nitrogens with one attached hydrogen (secondary N) is 3. The number of aliphatic hydroxyl groups excluding tert-OH is 1. The second-order valence-electron chi connectivity index (χ2n) is 10.5. The van der Waals surface area contributed by atoms with Gasteiger partial charge in [0.15, 0.2) is 23.0 Å². The van der Waals surface area contributed by atoms with Gasteiger partial charge in [-0.25, -0.2) is 14.2 Å². The van der Waals surface area contributed by atoms with E-state index in [1.165, 1.54) is 33.7 Å². The number of hydrogen-bond donors (Lipinski definition) is 4. The van der Waals surface area contributed by atoms with Crippen molar-refractivity contribution in [2.75, 3.05) is 17.2 Å².